The molecule has 142 valence electrons. The largest absolute Gasteiger partial charge is 0.350 e. The Balaban J connectivity index is 0.00000243. The highest BCUT2D eigenvalue weighted by molar-refractivity contribution is 5.93. The predicted octanol–water partition coefficient (Wildman–Crippen LogP) is 2.71. The first-order valence-corrected chi connectivity index (χ1v) is 9.14. The predicted molar refractivity (Wildman–Crippen MR) is 105 cm³/mol. The number of nitrogens with zero attached hydrogens (tertiary/aromatic N) is 3. The van der Waals surface area contributed by atoms with Crippen LogP contribution in [0, 0.1) is 5.92 Å². The van der Waals surface area contributed by atoms with Gasteiger partial charge in [0.2, 0.25) is 0 Å². The number of aromatic nitrogens is 3. The zero-order valence-electron chi connectivity index (χ0n) is 15.7. The Bertz CT molecular complexity index is 739. The second-order valence-electron chi connectivity index (χ2n) is 7.03. The standard InChI is InChI=1S/C19H27N5O.ClH/c1-4-6-17-18(19(25)21-12-14-10-20-11-14)22-23-24(17)16-8-5-7-15(9-16)13(2)3;/h5,7-9,13-14,20H,4,6,10-12H2,1-3H3,(H,21,25);1H. The summed E-state index contributed by atoms with van der Waals surface area (Å²) in [5, 5.41) is 14.7. The lowest BCUT2D eigenvalue weighted by molar-refractivity contribution is 0.0936. The highest BCUT2D eigenvalue weighted by Gasteiger charge is 2.22. The molecule has 6 nitrogen and oxygen atoms in total. The average Bonchev–Trinajstić information content (AvgIpc) is 2.97. The van der Waals surface area contributed by atoms with Crippen molar-refractivity contribution in [2.45, 2.75) is 39.5 Å². The lowest BCUT2D eigenvalue weighted by atomic mass is 10.0. The normalized spacial score (nSPS) is 14.0. The van der Waals surface area contributed by atoms with Crippen LogP contribution in [0.2, 0.25) is 0 Å². The molecule has 1 aromatic carbocycles. The summed E-state index contributed by atoms with van der Waals surface area (Å²) in [5.41, 5.74) is 3.54. The monoisotopic (exact) mass is 377 g/mol. The van der Waals surface area contributed by atoms with Crippen molar-refractivity contribution in [2.24, 2.45) is 5.92 Å². The number of rotatable bonds is 7. The first kappa shape index (κ1) is 20.4. The van der Waals surface area contributed by atoms with Gasteiger partial charge < -0.3 is 10.6 Å². The van der Waals surface area contributed by atoms with Crippen LogP contribution in [-0.4, -0.2) is 40.5 Å². The van der Waals surface area contributed by atoms with Gasteiger partial charge in [-0.05, 0) is 30.0 Å². The molecule has 0 saturated carbocycles. The molecule has 0 aliphatic carbocycles. The van der Waals surface area contributed by atoms with Crippen LogP contribution in [0.1, 0.15) is 54.9 Å². The quantitative estimate of drug-likeness (QED) is 0.778. The van der Waals surface area contributed by atoms with E-state index in [1.165, 1.54) is 5.56 Å². The van der Waals surface area contributed by atoms with Gasteiger partial charge in [0.1, 0.15) is 0 Å². The summed E-state index contributed by atoms with van der Waals surface area (Å²) < 4.78 is 1.81. The fraction of sp³-hybridized carbons (Fsp3) is 0.526. The molecule has 1 aliphatic heterocycles. The van der Waals surface area contributed by atoms with Gasteiger partial charge in [0.05, 0.1) is 11.4 Å². The van der Waals surface area contributed by atoms with Gasteiger partial charge in [-0.15, -0.1) is 17.5 Å². The first-order chi connectivity index (χ1) is 12.1. The number of carbonyl (C=O) groups is 1. The molecule has 2 heterocycles. The molecule has 0 bridgehead atoms. The summed E-state index contributed by atoms with van der Waals surface area (Å²) in [4.78, 5) is 12.6. The van der Waals surface area contributed by atoms with E-state index in [4.69, 9.17) is 0 Å². The summed E-state index contributed by atoms with van der Waals surface area (Å²) in [5.74, 6) is 0.843. The molecule has 3 rings (SSSR count). The van der Waals surface area contributed by atoms with E-state index >= 15 is 0 Å². The zero-order chi connectivity index (χ0) is 17.8. The fourth-order valence-electron chi connectivity index (χ4n) is 2.98. The van der Waals surface area contributed by atoms with Crippen LogP contribution in [-0.2, 0) is 6.42 Å². The zero-order valence-corrected chi connectivity index (χ0v) is 16.5. The minimum Gasteiger partial charge on any atom is -0.350 e. The fourth-order valence-corrected chi connectivity index (χ4v) is 2.98. The van der Waals surface area contributed by atoms with E-state index in [2.05, 4.69) is 53.8 Å². The van der Waals surface area contributed by atoms with Crippen molar-refractivity contribution in [3.8, 4) is 5.69 Å². The second kappa shape index (κ2) is 9.14. The van der Waals surface area contributed by atoms with Crippen molar-refractivity contribution in [2.75, 3.05) is 19.6 Å². The highest BCUT2D eigenvalue weighted by Crippen LogP contribution is 2.20. The van der Waals surface area contributed by atoms with Gasteiger partial charge >= 0.3 is 0 Å². The molecule has 0 atom stereocenters. The molecule has 7 heteroatoms. The van der Waals surface area contributed by atoms with Gasteiger partial charge in [0.15, 0.2) is 5.69 Å². The number of amides is 1. The Morgan fingerprint density at radius 1 is 1.38 bits per heavy atom. The summed E-state index contributed by atoms with van der Waals surface area (Å²) in [6.07, 6.45) is 1.71. The number of hydrogen-bond acceptors (Lipinski definition) is 4. The van der Waals surface area contributed by atoms with Crippen molar-refractivity contribution >= 4 is 18.3 Å². The minimum absolute atomic E-state index is 0. The number of benzene rings is 1. The van der Waals surface area contributed by atoms with E-state index in [1.807, 2.05) is 16.8 Å². The number of halogens is 1. The van der Waals surface area contributed by atoms with E-state index in [0.29, 0.717) is 24.1 Å². The van der Waals surface area contributed by atoms with Crippen LogP contribution in [0.15, 0.2) is 24.3 Å². The highest BCUT2D eigenvalue weighted by atomic mass is 35.5. The molecule has 2 aromatic rings. The van der Waals surface area contributed by atoms with Crippen LogP contribution in [0.4, 0.5) is 0 Å². The van der Waals surface area contributed by atoms with Gasteiger partial charge in [-0.1, -0.05) is 44.5 Å². The number of carbonyl (C=O) groups excluding carboxylic acids is 1. The summed E-state index contributed by atoms with van der Waals surface area (Å²) in [6, 6.07) is 8.29. The van der Waals surface area contributed by atoms with Gasteiger partial charge in [0, 0.05) is 25.6 Å². The van der Waals surface area contributed by atoms with Crippen LogP contribution >= 0.6 is 12.4 Å². The van der Waals surface area contributed by atoms with E-state index < -0.39 is 0 Å². The topological polar surface area (TPSA) is 71.8 Å². The van der Waals surface area contributed by atoms with Gasteiger partial charge in [-0.25, -0.2) is 4.68 Å². The molecular formula is C19H28ClN5O. The second-order valence-corrected chi connectivity index (χ2v) is 7.03. The minimum atomic E-state index is -0.124. The Hall–Kier alpha value is -1.92. The maximum Gasteiger partial charge on any atom is 0.273 e. The van der Waals surface area contributed by atoms with E-state index in [1.54, 1.807) is 0 Å². The first-order valence-electron chi connectivity index (χ1n) is 9.14. The number of hydrogen-bond donors (Lipinski definition) is 2. The Morgan fingerprint density at radius 3 is 2.77 bits per heavy atom. The Kier molecular flexibility index (Phi) is 7.17. The van der Waals surface area contributed by atoms with Crippen molar-refractivity contribution in [3.05, 3.63) is 41.2 Å². The van der Waals surface area contributed by atoms with Crippen LogP contribution in [0.25, 0.3) is 5.69 Å². The van der Waals surface area contributed by atoms with Crippen molar-refractivity contribution in [1.29, 1.82) is 0 Å². The maximum atomic E-state index is 12.6. The van der Waals surface area contributed by atoms with Gasteiger partial charge in [-0.3, -0.25) is 4.79 Å². The molecule has 2 N–H and O–H groups in total. The molecule has 1 aliphatic rings. The average molecular weight is 378 g/mol. The van der Waals surface area contributed by atoms with E-state index in [-0.39, 0.29) is 18.3 Å². The lowest BCUT2D eigenvalue weighted by Gasteiger charge is -2.26. The summed E-state index contributed by atoms with van der Waals surface area (Å²) in [7, 11) is 0. The Morgan fingerprint density at radius 2 is 2.15 bits per heavy atom. The molecule has 1 saturated heterocycles. The molecule has 0 spiro atoms. The van der Waals surface area contributed by atoms with Gasteiger partial charge in [0.25, 0.3) is 5.91 Å². The van der Waals surface area contributed by atoms with Crippen LogP contribution in [0.5, 0.6) is 0 Å². The van der Waals surface area contributed by atoms with Crippen molar-refractivity contribution in [1.82, 2.24) is 25.6 Å². The van der Waals surface area contributed by atoms with E-state index in [0.717, 1.165) is 37.3 Å². The molecule has 26 heavy (non-hydrogen) atoms. The third-order valence-electron chi connectivity index (χ3n) is 4.66. The molecule has 1 fully saturated rings. The molecule has 0 unspecified atom stereocenters. The smallest absolute Gasteiger partial charge is 0.273 e. The summed E-state index contributed by atoms with van der Waals surface area (Å²) >= 11 is 0. The van der Waals surface area contributed by atoms with Crippen molar-refractivity contribution < 1.29 is 4.79 Å². The summed E-state index contributed by atoms with van der Waals surface area (Å²) in [6.45, 7) is 9.06. The SMILES string of the molecule is CCCc1c(C(=O)NCC2CNC2)nnn1-c1cccc(C(C)C)c1.Cl. The molecular weight excluding hydrogens is 350 g/mol. The van der Waals surface area contributed by atoms with Gasteiger partial charge in [-0.2, -0.15) is 0 Å². The molecule has 0 radical (unpaired) electrons. The molecule has 1 amide bonds. The van der Waals surface area contributed by atoms with Crippen LogP contribution in [0.3, 0.4) is 0 Å². The Labute approximate surface area is 161 Å². The third-order valence-corrected chi connectivity index (χ3v) is 4.66. The molecule has 1 aromatic heterocycles. The third kappa shape index (κ3) is 4.43. The van der Waals surface area contributed by atoms with Crippen molar-refractivity contribution in [3.63, 3.8) is 0 Å². The maximum absolute atomic E-state index is 12.6. The lowest BCUT2D eigenvalue weighted by Crippen LogP contribution is -2.48. The van der Waals surface area contributed by atoms with Crippen LogP contribution < -0.4 is 10.6 Å². The van der Waals surface area contributed by atoms with E-state index in [9.17, 15) is 4.79 Å². The number of nitrogens with one attached hydrogen (secondary N) is 2.